The molecule has 2 aromatic heterocycles. The third kappa shape index (κ3) is 2.60. The molecule has 0 aliphatic carbocycles. The lowest BCUT2D eigenvalue weighted by Crippen LogP contribution is -2.13. The summed E-state index contributed by atoms with van der Waals surface area (Å²) < 4.78 is 0. The van der Waals surface area contributed by atoms with Crippen LogP contribution in [-0.4, -0.2) is 19.9 Å². The number of nitrogens with zero attached hydrogens (tertiary/aromatic N) is 3. The van der Waals surface area contributed by atoms with E-state index >= 15 is 0 Å². The van der Waals surface area contributed by atoms with Gasteiger partial charge >= 0.3 is 5.69 Å². The van der Waals surface area contributed by atoms with Crippen LogP contribution < -0.4 is 5.32 Å². The lowest BCUT2D eigenvalue weighted by molar-refractivity contribution is -0.384. The Morgan fingerprint density at radius 1 is 1.32 bits per heavy atom. The molecule has 0 saturated carbocycles. The van der Waals surface area contributed by atoms with Gasteiger partial charge in [0, 0.05) is 12.3 Å². The van der Waals surface area contributed by atoms with Crippen LogP contribution >= 0.6 is 0 Å². The number of pyridine rings is 1. The first-order valence-electron chi connectivity index (χ1n) is 6.99. The summed E-state index contributed by atoms with van der Waals surface area (Å²) in [5.41, 5.74) is 1.76. The van der Waals surface area contributed by atoms with E-state index in [1.807, 2.05) is 31.2 Å². The van der Waals surface area contributed by atoms with Crippen molar-refractivity contribution in [3.63, 3.8) is 0 Å². The van der Waals surface area contributed by atoms with Gasteiger partial charge in [0.1, 0.15) is 5.82 Å². The van der Waals surface area contributed by atoms with Crippen molar-refractivity contribution >= 4 is 22.5 Å². The van der Waals surface area contributed by atoms with E-state index in [0.29, 0.717) is 6.42 Å². The van der Waals surface area contributed by atoms with Gasteiger partial charge in [0.15, 0.2) is 0 Å². The van der Waals surface area contributed by atoms with Gasteiger partial charge in [0.2, 0.25) is 5.82 Å². The topological polar surface area (TPSA) is 96.7 Å². The highest BCUT2D eigenvalue weighted by Gasteiger charge is 2.20. The molecule has 1 atom stereocenters. The minimum absolute atomic E-state index is 0.0444. The number of fused-ring (bicyclic) bond motifs is 1. The molecular weight excluding hydrogens is 282 g/mol. The fourth-order valence-electron chi connectivity index (χ4n) is 2.32. The smallest absolute Gasteiger partial charge is 0.311 e. The van der Waals surface area contributed by atoms with E-state index < -0.39 is 4.92 Å². The number of rotatable bonds is 5. The van der Waals surface area contributed by atoms with Crippen LogP contribution in [-0.2, 0) is 0 Å². The van der Waals surface area contributed by atoms with Crippen molar-refractivity contribution in [2.75, 3.05) is 5.32 Å². The summed E-state index contributed by atoms with van der Waals surface area (Å²) in [7, 11) is 0. The Balaban J connectivity index is 1.93. The van der Waals surface area contributed by atoms with Crippen LogP contribution in [0.4, 0.5) is 11.5 Å². The molecule has 0 saturated heterocycles. The molecule has 2 heterocycles. The highest BCUT2D eigenvalue weighted by molar-refractivity contribution is 5.75. The number of H-pyrrole nitrogens is 1. The van der Waals surface area contributed by atoms with Crippen molar-refractivity contribution in [2.24, 2.45) is 0 Å². The maximum Gasteiger partial charge on any atom is 0.311 e. The molecule has 0 fully saturated rings. The number of nitrogens with one attached hydrogen (secondary N) is 2. The Morgan fingerprint density at radius 2 is 2.14 bits per heavy atom. The molecule has 0 bridgehead atoms. The second kappa shape index (κ2) is 5.80. The molecule has 2 N–H and O–H groups in total. The number of hydrogen-bond acceptors (Lipinski definition) is 5. The zero-order valence-corrected chi connectivity index (χ0v) is 12.0. The minimum Gasteiger partial charge on any atom is -0.354 e. The average molecular weight is 297 g/mol. The summed E-state index contributed by atoms with van der Waals surface area (Å²) in [6.45, 7) is 1.99. The first-order chi connectivity index (χ1) is 10.7. The fraction of sp³-hybridized carbons (Fsp3) is 0.200. The predicted octanol–water partition coefficient (Wildman–Crippen LogP) is 3.43. The van der Waals surface area contributed by atoms with Gasteiger partial charge in [-0.05, 0) is 24.6 Å². The molecule has 112 valence electrons. The van der Waals surface area contributed by atoms with E-state index in [9.17, 15) is 10.1 Å². The van der Waals surface area contributed by atoms with Crippen LogP contribution in [0.25, 0.3) is 11.0 Å². The largest absolute Gasteiger partial charge is 0.354 e. The van der Waals surface area contributed by atoms with E-state index in [1.165, 1.54) is 12.3 Å². The van der Waals surface area contributed by atoms with Gasteiger partial charge in [-0.15, -0.1) is 0 Å². The molecule has 22 heavy (non-hydrogen) atoms. The Hall–Kier alpha value is -2.96. The summed E-state index contributed by atoms with van der Waals surface area (Å²) in [5, 5.41) is 14.2. The van der Waals surface area contributed by atoms with Crippen molar-refractivity contribution in [3.05, 3.63) is 58.5 Å². The number of aromatic amines is 1. The van der Waals surface area contributed by atoms with Gasteiger partial charge in [-0.2, -0.15) is 0 Å². The highest BCUT2D eigenvalue weighted by atomic mass is 16.6. The molecule has 0 aliphatic rings. The number of hydrogen-bond donors (Lipinski definition) is 2. The zero-order valence-electron chi connectivity index (χ0n) is 12.0. The Morgan fingerprint density at radius 3 is 2.86 bits per heavy atom. The molecule has 7 nitrogen and oxygen atoms in total. The lowest BCUT2D eigenvalue weighted by atomic mass is 10.2. The number of anilines is 1. The third-order valence-corrected chi connectivity index (χ3v) is 3.44. The van der Waals surface area contributed by atoms with Crippen LogP contribution in [0, 0.1) is 10.1 Å². The molecule has 3 rings (SSSR count). The third-order valence-electron chi connectivity index (χ3n) is 3.44. The molecule has 0 amide bonds. The zero-order chi connectivity index (χ0) is 15.5. The maximum atomic E-state index is 11.1. The first kappa shape index (κ1) is 14.0. The number of benzene rings is 1. The summed E-state index contributed by atoms with van der Waals surface area (Å²) >= 11 is 0. The predicted molar refractivity (Wildman–Crippen MR) is 83.6 cm³/mol. The van der Waals surface area contributed by atoms with Crippen molar-refractivity contribution in [2.45, 2.75) is 19.4 Å². The van der Waals surface area contributed by atoms with Gasteiger partial charge in [-0.25, -0.2) is 9.97 Å². The van der Waals surface area contributed by atoms with Crippen LogP contribution in [0.5, 0.6) is 0 Å². The Bertz CT molecular complexity index is 781. The molecule has 0 spiro atoms. The quantitative estimate of drug-likeness (QED) is 0.555. The molecule has 0 radical (unpaired) electrons. The van der Waals surface area contributed by atoms with Crippen molar-refractivity contribution in [3.8, 4) is 0 Å². The van der Waals surface area contributed by atoms with Gasteiger partial charge in [-0.3, -0.25) is 10.1 Å². The maximum absolute atomic E-state index is 11.1. The summed E-state index contributed by atoms with van der Waals surface area (Å²) in [4.78, 5) is 22.5. The van der Waals surface area contributed by atoms with E-state index in [4.69, 9.17) is 0 Å². The Kier molecular flexibility index (Phi) is 3.69. The number of aromatic nitrogens is 3. The van der Waals surface area contributed by atoms with Gasteiger partial charge in [0.25, 0.3) is 0 Å². The van der Waals surface area contributed by atoms with Crippen LogP contribution in [0.1, 0.15) is 25.2 Å². The molecule has 7 heteroatoms. The standard InChI is InChI=1S/C15H15N5O2/c1-2-10(14-18-11-6-3-4-7-12(11)19-14)17-15-13(20(21)22)8-5-9-16-15/h3-10H,2H2,1H3,(H,16,17)(H,18,19)/t10-/m0/s1. The minimum atomic E-state index is -0.444. The van der Waals surface area contributed by atoms with Gasteiger partial charge in [-0.1, -0.05) is 19.1 Å². The van der Waals surface area contributed by atoms with E-state index in [-0.39, 0.29) is 17.5 Å². The van der Waals surface area contributed by atoms with Crippen LogP contribution in [0.2, 0.25) is 0 Å². The normalized spacial score (nSPS) is 12.2. The highest BCUT2D eigenvalue weighted by Crippen LogP contribution is 2.27. The molecular formula is C15H15N5O2. The monoisotopic (exact) mass is 297 g/mol. The van der Waals surface area contributed by atoms with E-state index in [2.05, 4.69) is 20.3 Å². The van der Waals surface area contributed by atoms with Crippen molar-refractivity contribution in [1.29, 1.82) is 0 Å². The average Bonchev–Trinajstić information content (AvgIpc) is 2.96. The molecule has 0 unspecified atom stereocenters. The van der Waals surface area contributed by atoms with Gasteiger partial charge in [0.05, 0.1) is 22.0 Å². The fourth-order valence-corrected chi connectivity index (χ4v) is 2.32. The lowest BCUT2D eigenvalue weighted by Gasteiger charge is -2.14. The summed E-state index contributed by atoms with van der Waals surface area (Å²) in [5.74, 6) is 0.989. The first-order valence-corrected chi connectivity index (χ1v) is 6.99. The van der Waals surface area contributed by atoms with Gasteiger partial charge < -0.3 is 10.3 Å². The van der Waals surface area contributed by atoms with Crippen molar-refractivity contribution < 1.29 is 4.92 Å². The van der Waals surface area contributed by atoms with E-state index in [1.54, 1.807) is 6.07 Å². The Labute approximate surface area is 126 Å². The van der Waals surface area contributed by atoms with Crippen LogP contribution in [0.15, 0.2) is 42.6 Å². The number of nitro groups is 1. The van der Waals surface area contributed by atoms with Crippen LogP contribution in [0.3, 0.4) is 0 Å². The molecule has 1 aromatic carbocycles. The van der Waals surface area contributed by atoms with Crippen molar-refractivity contribution in [1.82, 2.24) is 15.0 Å². The SMILES string of the molecule is CC[C@H](Nc1ncccc1[N+](=O)[O-])c1nc2ccccc2[nH]1. The second-order valence-corrected chi connectivity index (χ2v) is 4.87. The second-order valence-electron chi connectivity index (χ2n) is 4.87. The number of imidazole rings is 1. The number of para-hydroxylation sites is 2. The molecule has 3 aromatic rings. The summed E-state index contributed by atoms with van der Waals surface area (Å²) in [6, 6.07) is 10.5. The van der Waals surface area contributed by atoms with E-state index in [0.717, 1.165) is 16.9 Å². The molecule has 0 aliphatic heterocycles. The summed E-state index contributed by atoms with van der Waals surface area (Å²) in [6.07, 6.45) is 2.24.